The van der Waals surface area contributed by atoms with Crippen molar-refractivity contribution in [3.63, 3.8) is 0 Å². The number of ether oxygens (including phenoxy) is 1. The zero-order valence-electron chi connectivity index (χ0n) is 23.3. The molecule has 4 rings (SSSR count). The highest BCUT2D eigenvalue weighted by atomic mass is 32.2. The molecule has 2 aromatic rings. The number of nitrogens with one attached hydrogen (secondary N) is 1. The lowest BCUT2D eigenvalue weighted by atomic mass is 10.00. The third kappa shape index (κ3) is 7.05. The first-order valence-electron chi connectivity index (χ1n) is 13.2. The van der Waals surface area contributed by atoms with E-state index < -0.39 is 15.9 Å². The summed E-state index contributed by atoms with van der Waals surface area (Å²) in [6, 6.07) is 5.24. The van der Waals surface area contributed by atoms with Crippen molar-refractivity contribution in [2.45, 2.75) is 32.7 Å². The number of sulfone groups is 1. The molecule has 1 saturated heterocycles. The smallest absolute Gasteiger partial charge is 0.328 e. The highest BCUT2D eigenvalue weighted by Gasteiger charge is 2.29. The van der Waals surface area contributed by atoms with Gasteiger partial charge in [0.15, 0.2) is 0 Å². The van der Waals surface area contributed by atoms with Crippen molar-refractivity contribution in [3.05, 3.63) is 40.6 Å². The molecule has 2 aliphatic heterocycles. The highest BCUT2D eigenvalue weighted by molar-refractivity contribution is 7.90. The summed E-state index contributed by atoms with van der Waals surface area (Å²) >= 11 is 0. The Balaban J connectivity index is 1.53. The number of urea groups is 1. The Kier molecular flexibility index (Phi) is 8.90. The molecule has 3 amide bonds. The predicted octanol–water partition coefficient (Wildman–Crippen LogP) is 1.84. The minimum atomic E-state index is -3.17. The number of pyridine rings is 2. The lowest BCUT2D eigenvalue weighted by molar-refractivity contribution is -0.136. The average Bonchev–Trinajstić information content (AvgIpc) is 2.88. The van der Waals surface area contributed by atoms with E-state index in [1.165, 1.54) is 24.5 Å². The number of methoxy groups -OCH3 is 1. The number of piperazine rings is 1. The number of hydrogen-bond donors (Lipinski definition) is 1. The first-order valence-corrected chi connectivity index (χ1v) is 15.2. The number of anilines is 2. The molecule has 2 aliphatic rings. The molecule has 4 heterocycles. The molecule has 0 aromatic carbocycles. The quantitative estimate of drug-likeness (QED) is 0.502. The van der Waals surface area contributed by atoms with E-state index in [1.807, 2.05) is 18.0 Å². The van der Waals surface area contributed by atoms with Crippen LogP contribution in [-0.2, 0) is 34.0 Å². The molecular formula is C27H35N7O5S. The Morgan fingerprint density at radius 2 is 2.02 bits per heavy atom. The molecule has 2 aromatic heterocycles. The van der Waals surface area contributed by atoms with Crippen molar-refractivity contribution in [1.29, 1.82) is 5.26 Å². The second-order valence-corrected chi connectivity index (χ2v) is 12.8. The number of nitrogens with zero attached hydrogens (tertiary/aromatic N) is 6. The maximum absolute atomic E-state index is 13.4. The molecule has 0 saturated carbocycles. The van der Waals surface area contributed by atoms with Crippen LogP contribution in [0.2, 0.25) is 0 Å². The monoisotopic (exact) mass is 569 g/mol. The molecule has 0 bridgehead atoms. The van der Waals surface area contributed by atoms with Gasteiger partial charge in [0.2, 0.25) is 11.8 Å². The number of hydrogen-bond acceptors (Lipinski definition) is 9. The number of rotatable bonds is 8. The first-order chi connectivity index (χ1) is 19.0. The molecule has 0 spiro atoms. The molecular weight excluding hydrogens is 534 g/mol. The van der Waals surface area contributed by atoms with Crippen LogP contribution < -0.4 is 15.0 Å². The van der Waals surface area contributed by atoms with Crippen LogP contribution >= 0.6 is 0 Å². The number of fused-ring (bicyclic) bond motifs is 1. The number of nitriles is 1. The molecule has 0 radical (unpaired) electrons. The van der Waals surface area contributed by atoms with Crippen LogP contribution in [0.15, 0.2) is 18.3 Å². The number of amides is 3. The van der Waals surface area contributed by atoms with Crippen LogP contribution in [0, 0.1) is 17.2 Å². The molecule has 214 valence electrons. The molecule has 13 heteroatoms. The summed E-state index contributed by atoms with van der Waals surface area (Å²) in [6.07, 6.45) is 4.38. The van der Waals surface area contributed by atoms with Crippen LogP contribution in [0.1, 0.15) is 35.6 Å². The summed E-state index contributed by atoms with van der Waals surface area (Å²) in [5.41, 5.74) is 2.63. The van der Waals surface area contributed by atoms with Gasteiger partial charge >= 0.3 is 6.03 Å². The van der Waals surface area contributed by atoms with Gasteiger partial charge in [0.1, 0.15) is 27.5 Å². The van der Waals surface area contributed by atoms with Crippen molar-refractivity contribution >= 4 is 33.4 Å². The second kappa shape index (κ2) is 12.2. The Bertz CT molecular complexity index is 1440. The van der Waals surface area contributed by atoms with Gasteiger partial charge in [-0.15, -0.1) is 0 Å². The normalized spacial score (nSPS) is 16.7. The van der Waals surface area contributed by atoms with Gasteiger partial charge in [-0.25, -0.2) is 18.2 Å². The molecule has 1 fully saturated rings. The molecule has 40 heavy (non-hydrogen) atoms. The fourth-order valence-electron chi connectivity index (χ4n) is 5.18. The van der Waals surface area contributed by atoms with E-state index in [2.05, 4.69) is 21.4 Å². The standard InChI is InChI=1S/C27H35N7O5S/c1-18(17-40(4,37)38)10-20-12-23(29-14-22(20)13-28)30-27(36)34-7-5-6-19-11-21(26(39-3)31-25(19)34)15-33-9-8-32(2)16-24(33)35/h11-12,14,18H,5-10,15-17H2,1-4H3,(H,29,30,36)/t18-/m0/s1. The number of carbonyl (C=O) groups is 2. The van der Waals surface area contributed by atoms with Crippen LogP contribution in [0.3, 0.4) is 0 Å². The van der Waals surface area contributed by atoms with E-state index in [1.54, 1.807) is 17.9 Å². The van der Waals surface area contributed by atoms with Gasteiger partial charge in [-0.3, -0.25) is 19.9 Å². The Morgan fingerprint density at radius 1 is 1.25 bits per heavy atom. The van der Waals surface area contributed by atoms with Gasteiger partial charge in [0, 0.05) is 37.7 Å². The summed E-state index contributed by atoms with van der Waals surface area (Å²) in [5, 5.41) is 12.3. The molecule has 12 nitrogen and oxygen atoms in total. The van der Waals surface area contributed by atoms with E-state index in [9.17, 15) is 23.3 Å². The maximum atomic E-state index is 13.4. The van der Waals surface area contributed by atoms with E-state index in [4.69, 9.17) is 4.74 Å². The minimum absolute atomic E-state index is 0.00902. The van der Waals surface area contributed by atoms with Gasteiger partial charge in [0.05, 0.1) is 31.5 Å². The maximum Gasteiger partial charge on any atom is 0.328 e. The van der Waals surface area contributed by atoms with E-state index >= 15 is 0 Å². The summed E-state index contributed by atoms with van der Waals surface area (Å²) in [7, 11) is 0.268. The summed E-state index contributed by atoms with van der Waals surface area (Å²) < 4.78 is 29.0. The molecule has 0 aliphatic carbocycles. The largest absolute Gasteiger partial charge is 0.481 e. The SMILES string of the molecule is COc1nc2c(cc1CN1CCN(C)CC1=O)CCCN2C(=O)Nc1cc(C[C@H](C)CS(C)(=O)=O)c(C#N)cn1. The highest BCUT2D eigenvalue weighted by Crippen LogP contribution is 2.32. The number of likely N-dealkylation sites (N-methyl/N-ethyl adjacent to an activating group) is 1. The van der Waals surface area contributed by atoms with Crippen LogP contribution in [0.4, 0.5) is 16.4 Å². The van der Waals surface area contributed by atoms with E-state index in [0.717, 1.165) is 30.5 Å². The first kappa shape index (κ1) is 29.2. The van der Waals surface area contributed by atoms with Crippen LogP contribution in [0.5, 0.6) is 5.88 Å². The topological polar surface area (TPSA) is 149 Å². The zero-order valence-corrected chi connectivity index (χ0v) is 24.1. The van der Waals surface area contributed by atoms with E-state index in [0.29, 0.717) is 55.4 Å². The van der Waals surface area contributed by atoms with Gasteiger partial charge in [-0.05, 0) is 55.5 Å². The van der Waals surface area contributed by atoms with Crippen molar-refractivity contribution in [1.82, 2.24) is 19.8 Å². The third-order valence-corrected chi connectivity index (χ3v) is 8.19. The fraction of sp³-hybridized carbons (Fsp3) is 0.519. The Morgan fingerprint density at radius 3 is 2.70 bits per heavy atom. The average molecular weight is 570 g/mol. The van der Waals surface area contributed by atoms with Crippen molar-refractivity contribution in [2.75, 3.05) is 62.6 Å². The third-order valence-electron chi connectivity index (χ3n) is 7.01. The van der Waals surface area contributed by atoms with Crippen molar-refractivity contribution in [3.8, 4) is 11.9 Å². The van der Waals surface area contributed by atoms with Gasteiger partial charge in [-0.2, -0.15) is 10.2 Å². The number of aryl methyl sites for hydroxylation is 1. The molecule has 0 unspecified atom stereocenters. The molecule has 1 atom stereocenters. The lowest BCUT2D eigenvalue weighted by Gasteiger charge is -2.33. The number of aromatic nitrogens is 2. The number of carbonyl (C=O) groups excluding carboxylic acids is 2. The summed E-state index contributed by atoms with van der Waals surface area (Å²) in [6.45, 7) is 4.42. The van der Waals surface area contributed by atoms with Gasteiger partial charge < -0.3 is 9.64 Å². The molecule has 1 N–H and O–H groups in total. The van der Waals surface area contributed by atoms with Crippen LogP contribution in [-0.4, -0.2) is 92.5 Å². The Hall–Kier alpha value is -3.76. The van der Waals surface area contributed by atoms with Crippen molar-refractivity contribution < 1.29 is 22.7 Å². The van der Waals surface area contributed by atoms with Gasteiger partial charge in [0.25, 0.3) is 0 Å². The lowest BCUT2D eigenvalue weighted by Crippen LogP contribution is -2.48. The van der Waals surface area contributed by atoms with Gasteiger partial charge in [-0.1, -0.05) is 6.92 Å². The van der Waals surface area contributed by atoms with E-state index in [-0.39, 0.29) is 23.4 Å². The zero-order chi connectivity index (χ0) is 29.0. The van der Waals surface area contributed by atoms with Crippen molar-refractivity contribution in [2.24, 2.45) is 5.92 Å². The summed E-state index contributed by atoms with van der Waals surface area (Å²) in [4.78, 5) is 40.1. The fourth-order valence-corrected chi connectivity index (χ4v) is 6.33. The summed E-state index contributed by atoms with van der Waals surface area (Å²) in [5.74, 6) is 0.942. The second-order valence-electron chi connectivity index (χ2n) is 10.6. The minimum Gasteiger partial charge on any atom is -0.481 e. The van der Waals surface area contributed by atoms with Crippen LogP contribution in [0.25, 0.3) is 0 Å². The Labute approximate surface area is 234 Å². The predicted molar refractivity (Wildman–Crippen MR) is 150 cm³/mol.